The maximum Gasteiger partial charge on any atom is 0.270 e. The van der Waals surface area contributed by atoms with Crippen LogP contribution in [0.15, 0.2) is 45.9 Å². The first kappa shape index (κ1) is 18.4. The Labute approximate surface area is 151 Å². The normalized spacial score (nSPS) is 16.5. The lowest BCUT2D eigenvalue weighted by molar-refractivity contribution is -0.385. The minimum atomic E-state index is -4.11. The van der Waals surface area contributed by atoms with E-state index >= 15 is 0 Å². The van der Waals surface area contributed by atoms with E-state index in [-0.39, 0.29) is 22.3 Å². The maximum atomic E-state index is 11.8. The molecular formula is C16H20N4O5S. The topological polar surface area (TPSA) is 132 Å². The van der Waals surface area contributed by atoms with Crippen LogP contribution in [0.1, 0.15) is 24.6 Å². The summed E-state index contributed by atoms with van der Waals surface area (Å²) in [7, 11) is -4.11. The SMILES string of the molecule is NS(=O)(=O)c1cc([N+](=O)[O-])ccc1NC[C@@H](c1ccco1)N1CCCC1. The molecule has 1 aromatic heterocycles. The van der Waals surface area contributed by atoms with Crippen molar-refractivity contribution in [1.29, 1.82) is 0 Å². The zero-order chi connectivity index (χ0) is 18.7. The van der Waals surface area contributed by atoms with E-state index in [0.717, 1.165) is 37.8 Å². The number of non-ortho nitro benzene ring substituents is 1. The zero-order valence-corrected chi connectivity index (χ0v) is 14.8. The molecule has 0 radical (unpaired) electrons. The van der Waals surface area contributed by atoms with Crippen molar-refractivity contribution >= 4 is 21.4 Å². The number of anilines is 1. The Bertz CT molecular complexity index is 876. The molecule has 2 heterocycles. The average molecular weight is 380 g/mol. The summed E-state index contributed by atoms with van der Waals surface area (Å²) in [5.74, 6) is 0.776. The number of primary sulfonamides is 1. The molecule has 1 saturated heterocycles. The molecule has 1 aliphatic heterocycles. The number of nitrogens with two attached hydrogens (primary N) is 1. The first-order chi connectivity index (χ1) is 12.4. The van der Waals surface area contributed by atoms with Gasteiger partial charge in [-0.05, 0) is 44.1 Å². The molecule has 10 heteroatoms. The van der Waals surface area contributed by atoms with Crippen molar-refractivity contribution in [2.24, 2.45) is 5.14 Å². The largest absolute Gasteiger partial charge is 0.468 e. The molecule has 3 N–H and O–H groups in total. The summed E-state index contributed by atoms with van der Waals surface area (Å²) in [5.41, 5.74) is -0.101. The van der Waals surface area contributed by atoms with Crippen molar-refractivity contribution in [1.82, 2.24) is 4.90 Å². The van der Waals surface area contributed by atoms with Gasteiger partial charge in [0.05, 0.1) is 22.9 Å². The number of rotatable bonds is 7. The Morgan fingerprint density at radius 2 is 2.04 bits per heavy atom. The number of nitrogens with zero attached hydrogens (tertiary/aromatic N) is 2. The molecule has 3 rings (SSSR count). The molecule has 0 spiro atoms. The van der Waals surface area contributed by atoms with Crippen molar-refractivity contribution in [3.8, 4) is 0 Å². The van der Waals surface area contributed by atoms with E-state index in [4.69, 9.17) is 9.56 Å². The highest BCUT2D eigenvalue weighted by Gasteiger charge is 2.26. The summed E-state index contributed by atoms with van der Waals surface area (Å²) in [6.45, 7) is 2.23. The van der Waals surface area contributed by atoms with Crippen molar-refractivity contribution in [3.63, 3.8) is 0 Å². The predicted octanol–water partition coefficient (Wildman–Crippen LogP) is 2.08. The predicted molar refractivity (Wildman–Crippen MR) is 95.2 cm³/mol. The van der Waals surface area contributed by atoms with E-state index in [1.807, 2.05) is 6.07 Å². The van der Waals surface area contributed by atoms with E-state index in [1.165, 1.54) is 12.1 Å². The van der Waals surface area contributed by atoms with Crippen LogP contribution in [-0.2, 0) is 10.0 Å². The highest BCUT2D eigenvalue weighted by atomic mass is 32.2. The van der Waals surface area contributed by atoms with Gasteiger partial charge in [0.2, 0.25) is 10.0 Å². The fraction of sp³-hybridized carbons (Fsp3) is 0.375. The van der Waals surface area contributed by atoms with E-state index in [2.05, 4.69) is 10.2 Å². The first-order valence-corrected chi connectivity index (χ1v) is 9.73. The van der Waals surface area contributed by atoms with Crippen molar-refractivity contribution in [2.45, 2.75) is 23.8 Å². The van der Waals surface area contributed by atoms with Crippen LogP contribution in [0.3, 0.4) is 0 Å². The number of hydrogen-bond acceptors (Lipinski definition) is 7. The highest BCUT2D eigenvalue weighted by Crippen LogP contribution is 2.29. The lowest BCUT2D eigenvalue weighted by Gasteiger charge is -2.26. The third-order valence-electron chi connectivity index (χ3n) is 4.42. The highest BCUT2D eigenvalue weighted by molar-refractivity contribution is 7.89. The van der Waals surface area contributed by atoms with Gasteiger partial charge in [-0.25, -0.2) is 13.6 Å². The molecule has 0 amide bonds. The molecular weight excluding hydrogens is 360 g/mol. The van der Waals surface area contributed by atoms with E-state index < -0.39 is 14.9 Å². The molecule has 1 fully saturated rings. The lowest BCUT2D eigenvalue weighted by Crippen LogP contribution is -2.31. The van der Waals surface area contributed by atoms with Gasteiger partial charge >= 0.3 is 0 Å². The fourth-order valence-electron chi connectivity index (χ4n) is 3.16. The van der Waals surface area contributed by atoms with Crippen LogP contribution in [0.4, 0.5) is 11.4 Å². The Morgan fingerprint density at radius 3 is 2.62 bits per heavy atom. The quantitative estimate of drug-likeness (QED) is 0.555. The summed E-state index contributed by atoms with van der Waals surface area (Å²) >= 11 is 0. The van der Waals surface area contributed by atoms with Crippen LogP contribution in [0, 0.1) is 10.1 Å². The van der Waals surface area contributed by atoms with Crippen LogP contribution in [0.25, 0.3) is 0 Å². The Kier molecular flexibility index (Phi) is 5.25. The van der Waals surface area contributed by atoms with E-state index in [0.29, 0.717) is 6.54 Å². The van der Waals surface area contributed by atoms with Crippen LogP contribution >= 0.6 is 0 Å². The third-order valence-corrected chi connectivity index (χ3v) is 5.37. The number of nitrogens with one attached hydrogen (secondary N) is 1. The number of likely N-dealkylation sites (tertiary alicyclic amines) is 1. The van der Waals surface area contributed by atoms with E-state index in [9.17, 15) is 18.5 Å². The first-order valence-electron chi connectivity index (χ1n) is 8.19. The molecule has 26 heavy (non-hydrogen) atoms. The molecule has 1 aliphatic rings. The van der Waals surface area contributed by atoms with Crippen LogP contribution in [0.5, 0.6) is 0 Å². The summed E-state index contributed by atoms with van der Waals surface area (Å²) in [6.07, 6.45) is 3.79. The number of hydrogen-bond donors (Lipinski definition) is 2. The molecule has 0 saturated carbocycles. The van der Waals surface area contributed by atoms with Crippen LogP contribution in [-0.4, -0.2) is 37.9 Å². The van der Waals surface area contributed by atoms with Crippen LogP contribution in [0.2, 0.25) is 0 Å². The monoisotopic (exact) mass is 380 g/mol. The third kappa shape index (κ3) is 4.03. The molecule has 9 nitrogen and oxygen atoms in total. The second-order valence-corrected chi connectivity index (χ2v) is 7.67. The lowest BCUT2D eigenvalue weighted by atomic mass is 10.2. The van der Waals surface area contributed by atoms with Crippen LogP contribution < -0.4 is 10.5 Å². The van der Waals surface area contributed by atoms with E-state index in [1.54, 1.807) is 12.3 Å². The number of sulfonamides is 1. The van der Waals surface area contributed by atoms with Crippen molar-refractivity contribution < 1.29 is 17.8 Å². The standard InChI is InChI=1S/C16H20N4O5S/c17-26(23,24)16-10-12(20(21)22)5-6-13(16)18-11-14(15-4-3-9-25-15)19-7-1-2-8-19/h3-6,9-10,14,18H,1-2,7-8,11H2,(H2,17,23,24)/t14-/m0/s1. The Balaban J connectivity index is 1.86. The van der Waals surface area contributed by atoms with Gasteiger partial charge in [-0.1, -0.05) is 0 Å². The molecule has 0 unspecified atom stereocenters. The molecule has 0 bridgehead atoms. The van der Waals surface area contributed by atoms with Gasteiger partial charge in [0.1, 0.15) is 10.7 Å². The van der Waals surface area contributed by atoms with Gasteiger partial charge < -0.3 is 9.73 Å². The summed E-state index contributed by atoms with van der Waals surface area (Å²) < 4.78 is 29.2. The fourth-order valence-corrected chi connectivity index (χ4v) is 3.89. The number of nitro benzene ring substituents is 1. The number of furan rings is 1. The molecule has 1 aromatic carbocycles. The van der Waals surface area contributed by atoms with Gasteiger partial charge in [-0.15, -0.1) is 0 Å². The minimum absolute atomic E-state index is 0.0731. The van der Waals surface area contributed by atoms with Crippen molar-refractivity contribution in [3.05, 3.63) is 52.5 Å². The second kappa shape index (κ2) is 7.44. The van der Waals surface area contributed by atoms with Gasteiger partial charge in [0, 0.05) is 18.7 Å². The van der Waals surface area contributed by atoms with Gasteiger partial charge in [-0.3, -0.25) is 15.0 Å². The maximum absolute atomic E-state index is 11.8. The Hall–Kier alpha value is -2.43. The zero-order valence-electron chi connectivity index (χ0n) is 14.0. The Morgan fingerprint density at radius 1 is 1.31 bits per heavy atom. The number of benzene rings is 1. The summed E-state index contributed by atoms with van der Waals surface area (Å²) in [6, 6.07) is 7.18. The molecule has 1 atom stereocenters. The summed E-state index contributed by atoms with van der Waals surface area (Å²) in [4.78, 5) is 12.2. The molecule has 2 aromatic rings. The molecule has 140 valence electrons. The second-order valence-electron chi connectivity index (χ2n) is 6.14. The number of nitro groups is 1. The van der Waals surface area contributed by atoms with Gasteiger partial charge in [0.25, 0.3) is 5.69 Å². The summed E-state index contributed by atoms with van der Waals surface area (Å²) in [5, 5.41) is 19.2. The van der Waals surface area contributed by atoms with Crippen molar-refractivity contribution in [2.75, 3.05) is 25.0 Å². The minimum Gasteiger partial charge on any atom is -0.468 e. The smallest absolute Gasteiger partial charge is 0.270 e. The molecule has 0 aliphatic carbocycles. The van der Waals surface area contributed by atoms with Gasteiger partial charge in [0.15, 0.2) is 0 Å². The van der Waals surface area contributed by atoms with Gasteiger partial charge in [-0.2, -0.15) is 0 Å². The average Bonchev–Trinajstić information content (AvgIpc) is 3.28.